The number of anilines is 1. The van der Waals surface area contributed by atoms with Gasteiger partial charge in [-0.15, -0.1) is 0 Å². The fourth-order valence-corrected chi connectivity index (χ4v) is 3.22. The number of nitrogens with zero attached hydrogens (tertiary/aromatic N) is 2. The molecule has 2 heterocycles. The lowest BCUT2D eigenvalue weighted by Gasteiger charge is -2.23. The molecule has 1 aromatic rings. The van der Waals surface area contributed by atoms with Gasteiger partial charge in [0.25, 0.3) is 0 Å². The number of aromatic nitrogens is 2. The van der Waals surface area contributed by atoms with E-state index in [1.807, 2.05) is 39.3 Å². The first-order valence-electron chi connectivity index (χ1n) is 7.54. The van der Waals surface area contributed by atoms with Crippen molar-refractivity contribution in [3.8, 4) is 0 Å². The van der Waals surface area contributed by atoms with E-state index in [1.165, 1.54) is 0 Å². The molecule has 0 aliphatic carbocycles. The number of carbonyl (C=O) groups excluding carboxylic acids is 2. The second kappa shape index (κ2) is 6.32. The molecule has 2 amide bonds. The van der Waals surface area contributed by atoms with Crippen LogP contribution in [0.15, 0.2) is 0 Å². The molecule has 22 heavy (non-hydrogen) atoms. The summed E-state index contributed by atoms with van der Waals surface area (Å²) in [6.45, 7) is 9.91. The molecule has 122 valence electrons. The van der Waals surface area contributed by atoms with Gasteiger partial charge in [0.2, 0.25) is 0 Å². The summed E-state index contributed by atoms with van der Waals surface area (Å²) < 4.78 is 1.81. The van der Waals surface area contributed by atoms with Crippen molar-refractivity contribution < 1.29 is 9.59 Å². The first-order valence-corrected chi connectivity index (χ1v) is 8.70. The van der Waals surface area contributed by atoms with Crippen LogP contribution in [0.25, 0.3) is 0 Å². The number of thioether (sulfide) groups is 1. The van der Waals surface area contributed by atoms with Crippen LogP contribution < -0.4 is 10.6 Å². The number of nitrogens with one attached hydrogen (secondary N) is 2. The van der Waals surface area contributed by atoms with Crippen molar-refractivity contribution in [3.05, 3.63) is 11.3 Å². The number of fused-ring (bicyclic) bond motifs is 1. The van der Waals surface area contributed by atoms with Gasteiger partial charge in [-0.1, -0.05) is 6.92 Å². The van der Waals surface area contributed by atoms with Gasteiger partial charge in [-0.25, -0.2) is 4.68 Å². The Labute approximate surface area is 135 Å². The van der Waals surface area contributed by atoms with E-state index < -0.39 is 11.8 Å². The van der Waals surface area contributed by atoms with Crippen LogP contribution in [-0.4, -0.2) is 27.6 Å². The van der Waals surface area contributed by atoms with Crippen molar-refractivity contribution >= 4 is 29.4 Å². The zero-order valence-electron chi connectivity index (χ0n) is 13.8. The van der Waals surface area contributed by atoms with Gasteiger partial charge in [-0.2, -0.15) is 16.9 Å². The highest BCUT2D eigenvalue weighted by atomic mass is 32.2. The predicted molar refractivity (Wildman–Crippen MR) is 88.7 cm³/mol. The molecule has 1 aliphatic heterocycles. The number of hydrogen-bond donors (Lipinski definition) is 2. The molecule has 2 rings (SSSR count). The minimum absolute atomic E-state index is 0.0213. The van der Waals surface area contributed by atoms with E-state index in [-0.39, 0.29) is 11.6 Å². The summed E-state index contributed by atoms with van der Waals surface area (Å²) in [5.74, 6) is 1.08. The average molecular weight is 324 g/mol. The summed E-state index contributed by atoms with van der Waals surface area (Å²) in [6, 6.07) is -0.0213. The van der Waals surface area contributed by atoms with Crippen molar-refractivity contribution in [2.75, 3.05) is 5.32 Å². The SMILES string of the molecule is CC[C@H](C)NC(=O)C(=O)Nc1c2c(nn1C(C)(C)C)CSC2. The minimum Gasteiger partial charge on any atom is -0.345 e. The Morgan fingerprint density at radius 1 is 1.32 bits per heavy atom. The summed E-state index contributed by atoms with van der Waals surface area (Å²) in [4.78, 5) is 24.1. The van der Waals surface area contributed by atoms with E-state index in [0.29, 0.717) is 5.82 Å². The van der Waals surface area contributed by atoms with Crippen LogP contribution in [0.2, 0.25) is 0 Å². The Morgan fingerprint density at radius 2 is 2.00 bits per heavy atom. The molecule has 0 fully saturated rings. The molecule has 1 aromatic heterocycles. The lowest BCUT2D eigenvalue weighted by Crippen LogP contribution is -2.41. The number of hydrogen-bond acceptors (Lipinski definition) is 4. The van der Waals surface area contributed by atoms with Crippen molar-refractivity contribution in [2.24, 2.45) is 0 Å². The van der Waals surface area contributed by atoms with Gasteiger partial charge >= 0.3 is 11.8 Å². The highest BCUT2D eigenvalue weighted by Crippen LogP contribution is 2.37. The van der Waals surface area contributed by atoms with Gasteiger partial charge < -0.3 is 10.6 Å². The molecule has 0 aromatic carbocycles. The van der Waals surface area contributed by atoms with Gasteiger partial charge in [0.15, 0.2) is 0 Å². The van der Waals surface area contributed by atoms with Gasteiger partial charge in [-0.3, -0.25) is 9.59 Å². The first kappa shape index (κ1) is 16.9. The molecular formula is C15H24N4O2S. The summed E-state index contributed by atoms with van der Waals surface area (Å²) in [7, 11) is 0. The fourth-order valence-electron chi connectivity index (χ4n) is 2.18. The lowest BCUT2D eigenvalue weighted by molar-refractivity contribution is -0.136. The molecular weight excluding hydrogens is 300 g/mol. The summed E-state index contributed by atoms with van der Waals surface area (Å²) in [6.07, 6.45) is 0.783. The molecule has 0 saturated heterocycles. The van der Waals surface area contributed by atoms with Crippen molar-refractivity contribution in [2.45, 2.75) is 64.1 Å². The predicted octanol–water partition coefficient (Wildman–Crippen LogP) is 2.24. The van der Waals surface area contributed by atoms with E-state index in [0.717, 1.165) is 29.2 Å². The summed E-state index contributed by atoms with van der Waals surface area (Å²) in [5.41, 5.74) is 1.77. The van der Waals surface area contributed by atoms with Crippen LogP contribution in [0.1, 0.15) is 52.3 Å². The van der Waals surface area contributed by atoms with Gasteiger partial charge in [-0.05, 0) is 34.1 Å². The Kier molecular flexibility index (Phi) is 4.84. The molecule has 0 spiro atoms. The monoisotopic (exact) mass is 324 g/mol. The van der Waals surface area contributed by atoms with Gasteiger partial charge in [0, 0.05) is 23.1 Å². The zero-order chi connectivity index (χ0) is 16.5. The third-order valence-electron chi connectivity index (χ3n) is 3.62. The van der Waals surface area contributed by atoms with E-state index in [9.17, 15) is 9.59 Å². The molecule has 2 N–H and O–H groups in total. The number of carbonyl (C=O) groups is 2. The van der Waals surface area contributed by atoms with E-state index in [4.69, 9.17) is 0 Å². The average Bonchev–Trinajstić information content (AvgIpc) is 3.00. The summed E-state index contributed by atoms with van der Waals surface area (Å²) >= 11 is 1.77. The quantitative estimate of drug-likeness (QED) is 0.836. The molecule has 0 radical (unpaired) electrons. The molecule has 1 aliphatic rings. The second-order valence-corrected chi connectivity index (χ2v) is 7.57. The van der Waals surface area contributed by atoms with E-state index in [1.54, 1.807) is 11.8 Å². The highest BCUT2D eigenvalue weighted by Gasteiger charge is 2.30. The minimum atomic E-state index is -0.634. The van der Waals surface area contributed by atoms with Crippen molar-refractivity contribution in [3.63, 3.8) is 0 Å². The third kappa shape index (κ3) is 3.45. The largest absolute Gasteiger partial charge is 0.345 e. The fraction of sp³-hybridized carbons (Fsp3) is 0.667. The van der Waals surface area contributed by atoms with Crippen LogP contribution in [0.3, 0.4) is 0 Å². The Balaban J connectivity index is 2.22. The lowest BCUT2D eigenvalue weighted by atomic mass is 10.1. The Morgan fingerprint density at radius 3 is 2.59 bits per heavy atom. The molecule has 0 saturated carbocycles. The van der Waals surface area contributed by atoms with E-state index in [2.05, 4.69) is 15.7 Å². The van der Waals surface area contributed by atoms with Crippen LogP contribution in [0.4, 0.5) is 5.82 Å². The standard InChI is InChI=1S/C15H24N4O2S/c1-6-9(2)16-13(20)14(21)17-12-10-7-22-8-11(10)18-19(12)15(3,4)5/h9H,6-8H2,1-5H3,(H,16,20)(H,17,21)/t9-/m0/s1. The third-order valence-corrected chi connectivity index (χ3v) is 4.59. The molecule has 1 atom stereocenters. The van der Waals surface area contributed by atoms with Crippen LogP contribution in [0, 0.1) is 0 Å². The van der Waals surface area contributed by atoms with Crippen molar-refractivity contribution in [1.82, 2.24) is 15.1 Å². The van der Waals surface area contributed by atoms with Crippen LogP contribution in [-0.2, 0) is 26.6 Å². The highest BCUT2D eigenvalue weighted by molar-refractivity contribution is 7.98. The van der Waals surface area contributed by atoms with Gasteiger partial charge in [0.1, 0.15) is 5.82 Å². The topological polar surface area (TPSA) is 76.0 Å². The smallest absolute Gasteiger partial charge is 0.314 e. The maximum atomic E-state index is 12.2. The van der Waals surface area contributed by atoms with Crippen molar-refractivity contribution in [1.29, 1.82) is 0 Å². The maximum absolute atomic E-state index is 12.2. The number of amides is 2. The normalized spacial score (nSPS) is 15.3. The zero-order valence-corrected chi connectivity index (χ0v) is 14.6. The first-order chi connectivity index (χ1) is 10.2. The molecule has 0 bridgehead atoms. The number of rotatable bonds is 3. The molecule has 0 unspecified atom stereocenters. The summed E-state index contributed by atoms with van der Waals surface area (Å²) in [5, 5.41) is 10.0. The second-order valence-electron chi connectivity index (χ2n) is 6.59. The van der Waals surface area contributed by atoms with Crippen LogP contribution >= 0.6 is 11.8 Å². The Hall–Kier alpha value is -1.50. The van der Waals surface area contributed by atoms with Crippen LogP contribution in [0.5, 0.6) is 0 Å². The van der Waals surface area contributed by atoms with E-state index >= 15 is 0 Å². The molecule has 7 heteroatoms. The molecule has 6 nitrogen and oxygen atoms in total. The maximum Gasteiger partial charge on any atom is 0.314 e. The Bertz CT molecular complexity index is 589. The van der Waals surface area contributed by atoms with Gasteiger partial charge in [0.05, 0.1) is 11.2 Å².